The Morgan fingerprint density at radius 3 is 2.66 bits per heavy atom. The van der Waals surface area contributed by atoms with Gasteiger partial charge in [0.1, 0.15) is 6.29 Å². The van der Waals surface area contributed by atoms with Gasteiger partial charge in [-0.2, -0.15) is 0 Å². The van der Waals surface area contributed by atoms with Crippen LogP contribution in [0, 0.1) is 5.92 Å². The van der Waals surface area contributed by atoms with Crippen LogP contribution < -0.4 is 0 Å². The molecule has 0 radical (unpaired) electrons. The molecule has 2 nitrogen and oxygen atoms in total. The number of rotatable bonds is 3. The zero-order valence-electron chi connectivity index (χ0n) is 17.0. The van der Waals surface area contributed by atoms with Crippen molar-refractivity contribution in [3.05, 3.63) is 75.8 Å². The number of hydrogen-bond donors (Lipinski definition) is 0. The van der Waals surface area contributed by atoms with E-state index in [1.54, 1.807) is 0 Å². The minimum Gasteiger partial charge on any atom is -0.302 e. The minimum atomic E-state index is -0.316. The lowest BCUT2D eigenvalue weighted by Gasteiger charge is -2.46. The molecular weight excluding hydrogens is 422 g/mol. The van der Waals surface area contributed by atoms with E-state index < -0.39 is 0 Å². The summed E-state index contributed by atoms with van der Waals surface area (Å²) in [5.74, 6) is 0.579. The molecule has 3 unspecified atom stereocenters. The number of carbonyl (C=O) groups is 1. The standard InChI is InChI=1S/C26H28BrNO/c1-19-17-28(15-14-26(19)13-10-20-4-2-3-5-24(20)26)23-11-12-25(16-23,18-29)21-6-8-22(27)9-7-21/h2-10,13,18-19,23H,11-12,14-17H2,1H3/t19-,23?,25?,26?/m0/s1. The van der Waals surface area contributed by atoms with Crippen molar-refractivity contribution in [3.8, 4) is 0 Å². The molecule has 1 spiro atoms. The molecule has 2 aromatic rings. The summed E-state index contributed by atoms with van der Waals surface area (Å²) in [4.78, 5) is 14.9. The highest BCUT2D eigenvalue weighted by Crippen LogP contribution is 2.49. The molecule has 2 aliphatic carbocycles. The molecule has 0 aromatic heterocycles. The predicted molar refractivity (Wildman–Crippen MR) is 122 cm³/mol. The number of halogens is 1. The second-order valence-electron chi connectivity index (χ2n) is 9.28. The number of allylic oxidation sites excluding steroid dienone is 1. The molecule has 3 aliphatic rings. The van der Waals surface area contributed by atoms with Crippen molar-refractivity contribution in [2.75, 3.05) is 13.1 Å². The Labute approximate surface area is 182 Å². The second-order valence-corrected chi connectivity index (χ2v) is 10.2. The van der Waals surface area contributed by atoms with Gasteiger partial charge in [-0.1, -0.05) is 71.4 Å². The number of likely N-dealkylation sites (tertiary alicyclic amines) is 1. The fraction of sp³-hybridized carbons (Fsp3) is 0.423. The van der Waals surface area contributed by atoms with Gasteiger partial charge >= 0.3 is 0 Å². The van der Waals surface area contributed by atoms with Gasteiger partial charge < -0.3 is 4.79 Å². The first kappa shape index (κ1) is 19.3. The number of aldehydes is 1. The smallest absolute Gasteiger partial charge is 0.130 e. The molecule has 2 fully saturated rings. The maximum atomic E-state index is 12.2. The fourth-order valence-corrected chi connectivity index (χ4v) is 6.40. The topological polar surface area (TPSA) is 20.3 Å². The Morgan fingerprint density at radius 1 is 1.10 bits per heavy atom. The minimum absolute atomic E-state index is 0.194. The number of benzene rings is 2. The fourth-order valence-electron chi connectivity index (χ4n) is 6.13. The van der Waals surface area contributed by atoms with Crippen molar-refractivity contribution in [1.29, 1.82) is 0 Å². The summed E-state index contributed by atoms with van der Waals surface area (Å²) in [5, 5.41) is 0. The van der Waals surface area contributed by atoms with Crippen molar-refractivity contribution in [1.82, 2.24) is 4.90 Å². The monoisotopic (exact) mass is 449 g/mol. The van der Waals surface area contributed by atoms with Crippen LogP contribution in [0.4, 0.5) is 0 Å². The van der Waals surface area contributed by atoms with E-state index in [1.165, 1.54) is 29.4 Å². The number of piperidine rings is 1. The van der Waals surface area contributed by atoms with Crippen LogP contribution in [0.1, 0.15) is 49.3 Å². The molecule has 0 amide bonds. The van der Waals surface area contributed by atoms with Gasteiger partial charge in [0.25, 0.3) is 0 Å². The van der Waals surface area contributed by atoms with Gasteiger partial charge in [-0.15, -0.1) is 0 Å². The Hall–Kier alpha value is -1.71. The molecule has 3 heteroatoms. The van der Waals surface area contributed by atoms with Crippen molar-refractivity contribution in [2.24, 2.45) is 5.92 Å². The number of fused-ring (bicyclic) bond motifs is 2. The Bertz CT molecular complexity index is 951. The predicted octanol–water partition coefficient (Wildman–Crippen LogP) is 5.74. The number of carbonyl (C=O) groups excluding carboxylic acids is 1. The summed E-state index contributed by atoms with van der Waals surface area (Å²) in [6.07, 6.45) is 10.2. The van der Waals surface area contributed by atoms with Gasteiger partial charge in [-0.3, -0.25) is 4.90 Å². The molecule has 1 heterocycles. The largest absolute Gasteiger partial charge is 0.302 e. The Morgan fingerprint density at radius 2 is 1.90 bits per heavy atom. The van der Waals surface area contributed by atoms with Crippen LogP contribution in [0.25, 0.3) is 6.08 Å². The first-order chi connectivity index (χ1) is 14.1. The third-order valence-electron chi connectivity index (χ3n) is 7.91. The first-order valence-corrected chi connectivity index (χ1v) is 11.6. The van der Waals surface area contributed by atoms with E-state index in [-0.39, 0.29) is 10.8 Å². The molecule has 29 heavy (non-hydrogen) atoms. The molecule has 1 saturated carbocycles. The van der Waals surface area contributed by atoms with Crippen LogP contribution in [0.15, 0.2) is 59.1 Å². The van der Waals surface area contributed by atoms with Crippen LogP contribution in [-0.4, -0.2) is 30.3 Å². The molecular formula is C26H28BrNO. The molecule has 1 aliphatic heterocycles. The van der Waals surface area contributed by atoms with E-state index in [0.717, 1.165) is 36.8 Å². The molecule has 5 rings (SSSR count). The van der Waals surface area contributed by atoms with Crippen LogP contribution in [0.2, 0.25) is 0 Å². The summed E-state index contributed by atoms with van der Waals surface area (Å²) in [7, 11) is 0. The molecule has 150 valence electrons. The molecule has 2 aromatic carbocycles. The zero-order chi connectivity index (χ0) is 20.1. The van der Waals surface area contributed by atoms with Crippen molar-refractivity contribution >= 4 is 28.3 Å². The Kier molecular flexibility index (Phi) is 4.79. The van der Waals surface area contributed by atoms with Crippen LogP contribution >= 0.6 is 15.9 Å². The van der Waals surface area contributed by atoms with Gasteiger partial charge in [0.05, 0.1) is 5.41 Å². The summed E-state index contributed by atoms with van der Waals surface area (Å²) in [5.41, 5.74) is 3.95. The van der Waals surface area contributed by atoms with Gasteiger partial charge in [0.2, 0.25) is 0 Å². The third-order valence-corrected chi connectivity index (χ3v) is 8.44. The van der Waals surface area contributed by atoms with E-state index in [1.807, 2.05) is 0 Å². The van der Waals surface area contributed by atoms with Crippen LogP contribution in [0.5, 0.6) is 0 Å². The first-order valence-electron chi connectivity index (χ1n) is 10.8. The van der Waals surface area contributed by atoms with E-state index >= 15 is 0 Å². The molecule has 4 atom stereocenters. The summed E-state index contributed by atoms with van der Waals surface area (Å²) < 4.78 is 1.07. The quantitative estimate of drug-likeness (QED) is 0.556. The molecule has 0 bridgehead atoms. The van der Waals surface area contributed by atoms with Gasteiger partial charge in [0, 0.05) is 22.5 Å². The maximum Gasteiger partial charge on any atom is 0.130 e. The Balaban J connectivity index is 1.34. The average Bonchev–Trinajstić information content (AvgIpc) is 3.35. The molecule has 0 N–H and O–H groups in total. The zero-order valence-corrected chi connectivity index (χ0v) is 18.6. The van der Waals surface area contributed by atoms with Crippen LogP contribution in [-0.2, 0) is 15.6 Å². The van der Waals surface area contributed by atoms with Crippen LogP contribution in [0.3, 0.4) is 0 Å². The van der Waals surface area contributed by atoms with Gasteiger partial charge in [0.15, 0.2) is 0 Å². The van der Waals surface area contributed by atoms with Crippen molar-refractivity contribution in [2.45, 2.75) is 49.5 Å². The SMILES string of the molecule is C[C@H]1CN(C2CCC(C=O)(c3ccc(Br)cc3)C2)CCC12C=Cc1ccccc12. The molecule has 1 saturated heterocycles. The summed E-state index contributed by atoms with van der Waals surface area (Å²) in [6, 6.07) is 17.8. The number of hydrogen-bond acceptors (Lipinski definition) is 2. The van der Waals surface area contributed by atoms with Gasteiger partial charge in [-0.25, -0.2) is 0 Å². The van der Waals surface area contributed by atoms with Gasteiger partial charge in [-0.05, 0) is 67.0 Å². The highest BCUT2D eigenvalue weighted by atomic mass is 79.9. The maximum absolute atomic E-state index is 12.2. The number of nitrogens with zero attached hydrogens (tertiary/aromatic N) is 1. The van der Waals surface area contributed by atoms with E-state index in [0.29, 0.717) is 12.0 Å². The second kappa shape index (κ2) is 7.21. The van der Waals surface area contributed by atoms with E-state index in [2.05, 4.69) is 88.4 Å². The lowest BCUT2D eigenvalue weighted by Crippen LogP contribution is -2.50. The summed E-state index contributed by atoms with van der Waals surface area (Å²) in [6.45, 7) is 4.64. The average molecular weight is 450 g/mol. The lowest BCUT2D eigenvalue weighted by atomic mass is 9.67. The van der Waals surface area contributed by atoms with E-state index in [4.69, 9.17) is 0 Å². The van der Waals surface area contributed by atoms with Crippen molar-refractivity contribution < 1.29 is 4.79 Å². The van der Waals surface area contributed by atoms with Crippen molar-refractivity contribution in [3.63, 3.8) is 0 Å². The normalized spacial score (nSPS) is 33.9. The highest BCUT2D eigenvalue weighted by Gasteiger charge is 2.47. The highest BCUT2D eigenvalue weighted by molar-refractivity contribution is 9.10. The van der Waals surface area contributed by atoms with E-state index in [9.17, 15) is 4.79 Å². The summed E-state index contributed by atoms with van der Waals surface area (Å²) >= 11 is 3.51. The lowest BCUT2D eigenvalue weighted by molar-refractivity contribution is -0.112. The third kappa shape index (κ3) is 3.05.